The summed E-state index contributed by atoms with van der Waals surface area (Å²) >= 11 is 0. The van der Waals surface area contributed by atoms with Crippen molar-refractivity contribution in [3.05, 3.63) is 131 Å². The van der Waals surface area contributed by atoms with Crippen molar-refractivity contribution >= 4 is 45.8 Å². The van der Waals surface area contributed by atoms with E-state index < -0.39 is 0 Å². The van der Waals surface area contributed by atoms with Gasteiger partial charge in [0, 0.05) is 0 Å². The second-order valence-corrected chi connectivity index (χ2v) is 7.55. The van der Waals surface area contributed by atoms with Gasteiger partial charge in [0.15, 0.2) is 0 Å². The van der Waals surface area contributed by atoms with E-state index in [1.165, 1.54) is 43.8 Å². The van der Waals surface area contributed by atoms with Crippen molar-refractivity contribution in [3.63, 3.8) is 0 Å². The van der Waals surface area contributed by atoms with Crippen LogP contribution in [0.2, 0.25) is 0 Å². The molecule has 142 valence electrons. The van der Waals surface area contributed by atoms with E-state index in [2.05, 4.69) is 133 Å². The average molecular weight is 383 g/mol. The normalized spacial score (nSPS) is 11.7. The Kier molecular flexibility index (Phi) is 4.98. The van der Waals surface area contributed by atoms with Crippen molar-refractivity contribution in [1.29, 1.82) is 0 Å². The van der Waals surface area contributed by atoms with E-state index in [1.54, 1.807) is 0 Å². The molecule has 0 saturated carbocycles. The largest absolute Gasteiger partial charge is 0.0616 e. The summed E-state index contributed by atoms with van der Waals surface area (Å²) in [4.78, 5) is 0. The molecule has 0 aliphatic carbocycles. The van der Waals surface area contributed by atoms with Gasteiger partial charge >= 0.3 is 0 Å². The molecule has 0 fully saturated rings. The lowest BCUT2D eigenvalue weighted by Gasteiger charge is -2.01. The molecule has 0 N–H and O–H groups in total. The molecule has 0 aliphatic heterocycles. The average Bonchev–Trinajstić information content (AvgIpc) is 2.82. The third-order valence-electron chi connectivity index (χ3n) is 5.42. The van der Waals surface area contributed by atoms with Crippen LogP contribution < -0.4 is 0 Å². The fraction of sp³-hybridized carbons (Fsp3) is 0. The highest BCUT2D eigenvalue weighted by Gasteiger charge is 1.95. The smallest absolute Gasteiger partial charge is 0.0178 e. The first kappa shape index (κ1) is 18.1. The summed E-state index contributed by atoms with van der Waals surface area (Å²) in [5, 5.41) is 5.09. The molecule has 0 heterocycles. The van der Waals surface area contributed by atoms with Crippen LogP contribution in [-0.4, -0.2) is 0 Å². The van der Waals surface area contributed by atoms with Gasteiger partial charge in [-0.3, -0.25) is 0 Å². The van der Waals surface area contributed by atoms with Crippen molar-refractivity contribution < 1.29 is 0 Å². The Hall–Kier alpha value is -3.90. The van der Waals surface area contributed by atoms with Crippen LogP contribution in [0.15, 0.2) is 109 Å². The van der Waals surface area contributed by atoms with Crippen LogP contribution in [0.1, 0.15) is 22.3 Å². The van der Waals surface area contributed by atoms with E-state index in [-0.39, 0.29) is 0 Å². The van der Waals surface area contributed by atoms with Crippen LogP contribution in [0.4, 0.5) is 0 Å². The molecular weight excluding hydrogens is 360 g/mol. The van der Waals surface area contributed by atoms with Gasteiger partial charge in [-0.2, -0.15) is 0 Å². The van der Waals surface area contributed by atoms with Gasteiger partial charge in [0.1, 0.15) is 0 Å². The standard InChI is InChI=1S/C30H22/c1-3-7-29-21-25(17-19-27(29)5-1)15-13-23-9-11-24(12-10-23)14-16-26-18-20-28-6-2-4-8-30(28)22-26/h1-22H/b15-13-,16-14-. The molecule has 0 spiro atoms. The maximum atomic E-state index is 2.23. The van der Waals surface area contributed by atoms with E-state index in [1.807, 2.05) is 0 Å². The second kappa shape index (κ2) is 8.23. The Morgan fingerprint density at radius 1 is 0.300 bits per heavy atom. The Balaban J connectivity index is 1.30. The van der Waals surface area contributed by atoms with E-state index in [0.717, 1.165) is 0 Å². The van der Waals surface area contributed by atoms with Gasteiger partial charge in [-0.05, 0) is 55.9 Å². The number of rotatable bonds is 4. The molecule has 5 aromatic rings. The van der Waals surface area contributed by atoms with Gasteiger partial charge in [0.25, 0.3) is 0 Å². The summed E-state index contributed by atoms with van der Waals surface area (Å²) in [6, 6.07) is 38.7. The van der Waals surface area contributed by atoms with Crippen LogP contribution in [0.25, 0.3) is 45.8 Å². The van der Waals surface area contributed by atoms with Crippen LogP contribution in [0.3, 0.4) is 0 Å². The van der Waals surface area contributed by atoms with Gasteiger partial charge in [-0.25, -0.2) is 0 Å². The third kappa shape index (κ3) is 4.09. The fourth-order valence-corrected chi connectivity index (χ4v) is 3.73. The predicted octanol–water partition coefficient (Wildman–Crippen LogP) is 8.33. The van der Waals surface area contributed by atoms with Crippen LogP contribution in [0.5, 0.6) is 0 Å². The lowest BCUT2D eigenvalue weighted by atomic mass is 10.0. The quantitative estimate of drug-likeness (QED) is 0.274. The monoisotopic (exact) mass is 382 g/mol. The molecule has 0 saturated heterocycles. The fourth-order valence-electron chi connectivity index (χ4n) is 3.73. The zero-order chi connectivity index (χ0) is 20.2. The Morgan fingerprint density at radius 2 is 0.633 bits per heavy atom. The minimum Gasteiger partial charge on any atom is -0.0616 e. The summed E-state index contributed by atoms with van der Waals surface area (Å²) in [7, 11) is 0. The highest BCUT2D eigenvalue weighted by atomic mass is 14.0. The second-order valence-electron chi connectivity index (χ2n) is 7.55. The van der Waals surface area contributed by atoms with Crippen LogP contribution in [-0.2, 0) is 0 Å². The van der Waals surface area contributed by atoms with Crippen molar-refractivity contribution in [2.45, 2.75) is 0 Å². The van der Waals surface area contributed by atoms with Crippen LogP contribution in [0, 0.1) is 0 Å². The summed E-state index contributed by atoms with van der Waals surface area (Å²) < 4.78 is 0. The molecule has 0 atom stereocenters. The molecule has 0 radical (unpaired) electrons. The summed E-state index contributed by atoms with van der Waals surface area (Å²) in [6.45, 7) is 0. The molecule has 0 aliphatic rings. The lowest BCUT2D eigenvalue weighted by molar-refractivity contribution is 1.62. The van der Waals surface area contributed by atoms with Gasteiger partial charge in [0.2, 0.25) is 0 Å². The Morgan fingerprint density at radius 3 is 1.07 bits per heavy atom. The van der Waals surface area contributed by atoms with Crippen LogP contribution >= 0.6 is 0 Å². The van der Waals surface area contributed by atoms with E-state index in [4.69, 9.17) is 0 Å². The molecular formula is C30H22. The first-order valence-electron chi connectivity index (χ1n) is 10.3. The number of hydrogen-bond donors (Lipinski definition) is 0. The Labute approximate surface area is 177 Å². The first-order chi connectivity index (χ1) is 14.8. The van der Waals surface area contributed by atoms with Crippen molar-refractivity contribution in [2.24, 2.45) is 0 Å². The summed E-state index contributed by atoms with van der Waals surface area (Å²) in [6.07, 6.45) is 8.68. The maximum absolute atomic E-state index is 2.23. The van der Waals surface area contributed by atoms with Gasteiger partial charge in [-0.1, -0.05) is 121 Å². The van der Waals surface area contributed by atoms with Crippen molar-refractivity contribution in [2.75, 3.05) is 0 Å². The topological polar surface area (TPSA) is 0 Å². The van der Waals surface area contributed by atoms with Crippen molar-refractivity contribution in [1.82, 2.24) is 0 Å². The van der Waals surface area contributed by atoms with E-state index in [0.29, 0.717) is 0 Å². The van der Waals surface area contributed by atoms with E-state index in [9.17, 15) is 0 Å². The third-order valence-corrected chi connectivity index (χ3v) is 5.42. The summed E-state index contributed by atoms with van der Waals surface area (Å²) in [5.74, 6) is 0. The van der Waals surface area contributed by atoms with Gasteiger partial charge in [0.05, 0.1) is 0 Å². The van der Waals surface area contributed by atoms with Gasteiger partial charge < -0.3 is 0 Å². The molecule has 30 heavy (non-hydrogen) atoms. The lowest BCUT2D eigenvalue weighted by Crippen LogP contribution is -1.78. The first-order valence-corrected chi connectivity index (χ1v) is 10.3. The van der Waals surface area contributed by atoms with Gasteiger partial charge in [-0.15, -0.1) is 0 Å². The zero-order valence-corrected chi connectivity index (χ0v) is 16.7. The number of hydrogen-bond acceptors (Lipinski definition) is 0. The minimum absolute atomic E-state index is 1.20. The molecule has 0 amide bonds. The minimum atomic E-state index is 1.20. The summed E-state index contributed by atoms with van der Waals surface area (Å²) in [5.41, 5.74) is 4.83. The van der Waals surface area contributed by atoms with E-state index >= 15 is 0 Å². The zero-order valence-electron chi connectivity index (χ0n) is 16.7. The molecule has 5 rings (SSSR count). The molecule has 0 aromatic heterocycles. The molecule has 0 unspecified atom stereocenters. The predicted molar refractivity (Wildman–Crippen MR) is 132 cm³/mol. The maximum Gasteiger partial charge on any atom is -0.0178 e. The molecule has 0 nitrogen and oxygen atoms in total. The highest BCUT2D eigenvalue weighted by molar-refractivity contribution is 5.87. The SMILES string of the molecule is C(=C/c1ccc2ccccc2c1)/c1ccc(/C=C\c2ccc3ccccc3c2)cc1. The Bertz CT molecular complexity index is 1260. The molecule has 0 bridgehead atoms. The molecule has 0 heteroatoms. The number of fused-ring (bicyclic) bond motifs is 2. The highest BCUT2D eigenvalue weighted by Crippen LogP contribution is 2.19. The molecule has 5 aromatic carbocycles. The van der Waals surface area contributed by atoms with Crippen molar-refractivity contribution in [3.8, 4) is 0 Å². The number of benzene rings is 5.